The van der Waals surface area contributed by atoms with E-state index in [1.807, 2.05) is 48.5 Å². The van der Waals surface area contributed by atoms with Crippen LogP contribution in [0.1, 0.15) is 33.1 Å². The molecule has 1 aliphatic heterocycles. The van der Waals surface area contributed by atoms with Crippen LogP contribution in [0.4, 0.5) is 0 Å². The number of likely N-dealkylation sites (tertiary alicyclic amines) is 1. The molecule has 1 saturated heterocycles. The molecule has 0 unspecified atom stereocenters. The maximum absolute atomic E-state index is 12.8. The Kier molecular flexibility index (Phi) is 7.64. The van der Waals surface area contributed by atoms with Crippen LogP contribution in [0.15, 0.2) is 78.4 Å². The maximum atomic E-state index is 12.8. The molecule has 4 rings (SSSR count). The largest absolute Gasteiger partial charge is 0.288 e. The molecule has 0 spiro atoms. The van der Waals surface area contributed by atoms with Crippen molar-refractivity contribution in [1.82, 2.24) is 15.8 Å². The monoisotopic (exact) mass is 529 g/mol. The molecule has 0 saturated carbocycles. The molecule has 1 amide bonds. The van der Waals surface area contributed by atoms with E-state index < -0.39 is 9.84 Å². The first-order chi connectivity index (χ1) is 16.7. The summed E-state index contributed by atoms with van der Waals surface area (Å²) in [4.78, 5) is 14.7. The van der Waals surface area contributed by atoms with E-state index in [-0.39, 0.29) is 16.9 Å². The minimum Gasteiger partial charge on any atom is -0.288 e. The summed E-state index contributed by atoms with van der Waals surface area (Å²) >= 11 is 12.2. The zero-order valence-corrected chi connectivity index (χ0v) is 21.6. The Morgan fingerprint density at radius 3 is 1.89 bits per heavy atom. The highest BCUT2D eigenvalue weighted by molar-refractivity contribution is 8.00. The highest BCUT2D eigenvalue weighted by Gasteiger charge is 2.34. The molecule has 1 fully saturated rings. The van der Waals surface area contributed by atoms with Crippen LogP contribution >= 0.6 is 23.2 Å². The van der Waals surface area contributed by atoms with Gasteiger partial charge in [-0.25, -0.2) is 13.8 Å². The molecule has 9 heteroatoms. The average molecular weight is 530 g/mol. The first kappa shape index (κ1) is 25.4. The molecule has 6 nitrogen and oxygen atoms in total. The maximum Gasteiger partial charge on any atom is 0.265 e. The summed E-state index contributed by atoms with van der Waals surface area (Å²) in [5, 5.41) is 1.30. The fourth-order valence-electron chi connectivity index (χ4n) is 4.34. The second-order valence-electron chi connectivity index (χ2n) is 8.40. The number of carbonyl (C=O) groups excluding carboxylic acids is 1. The van der Waals surface area contributed by atoms with Crippen molar-refractivity contribution in [1.29, 1.82) is 0 Å². The third-order valence-corrected chi connectivity index (χ3v) is 7.61. The molecule has 0 bridgehead atoms. The van der Waals surface area contributed by atoms with Gasteiger partial charge >= 0.3 is 0 Å². The van der Waals surface area contributed by atoms with Crippen LogP contribution in [0.3, 0.4) is 0 Å². The Hall–Kier alpha value is -2.68. The summed E-state index contributed by atoms with van der Waals surface area (Å²) in [6, 6.07) is 21.9. The van der Waals surface area contributed by atoms with E-state index in [4.69, 9.17) is 23.2 Å². The van der Waals surface area contributed by atoms with Crippen molar-refractivity contribution in [2.75, 3.05) is 26.4 Å². The summed E-state index contributed by atoms with van der Waals surface area (Å²) < 4.78 is 25.7. The van der Waals surface area contributed by atoms with Crippen LogP contribution in [0.2, 0.25) is 10.0 Å². The van der Waals surface area contributed by atoms with Crippen molar-refractivity contribution < 1.29 is 13.2 Å². The van der Waals surface area contributed by atoms with E-state index >= 15 is 0 Å². The van der Waals surface area contributed by atoms with Gasteiger partial charge in [-0.3, -0.25) is 15.1 Å². The first-order valence-electron chi connectivity index (χ1n) is 10.9. The molecule has 0 atom stereocenters. The number of nitrogens with zero attached hydrogens (tertiary/aromatic N) is 1. The third kappa shape index (κ3) is 5.77. The Morgan fingerprint density at radius 2 is 1.40 bits per heavy atom. The number of hydrogen-bond donors (Lipinski definition) is 2. The Bertz CT molecular complexity index is 1320. The fraction of sp³-hybridized carbons (Fsp3) is 0.192. The van der Waals surface area contributed by atoms with Crippen LogP contribution in [0.5, 0.6) is 0 Å². The second-order valence-corrected chi connectivity index (χ2v) is 11.2. The summed E-state index contributed by atoms with van der Waals surface area (Å²) in [6.45, 7) is 0.927. The van der Waals surface area contributed by atoms with Crippen molar-refractivity contribution in [3.63, 3.8) is 0 Å². The molecule has 1 aliphatic rings. The van der Waals surface area contributed by atoms with Gasteiger partial charge in [-0.15, -0.1) is 0 Å². The summed E-state index contributed by atoms with van der Waals surface area (Å²) in [5.41, 5.74) is 8.86. The highest BCUT2D eigenvalue weighted by Crippen LogP contribution is 2.38. The van der Waals surface area contributed by atoms with Crippen molar-refractivity contribution in [2.24, 2.45) is 0 Å². The number of carbonyl (C=O) groups is 1. The highest BCUT2D eigenvalue weighted by atomic mass is 35.5. The predicted octanol–water partition coefficient (Wildman–Crippen LogP) is 4.72. The molecule has 1 heterocycles. The van der Waals surface area contributed by atoms with E-state index in [1.54, 1.807) is 31.3 Å². The van der Waals surface area contributed by atoms with Gasteiger partial charge in [-0.05, 0) is 58.7 Å². The van der Waals surface area contributed by atoms with Gasteiger partial charge in [-0.2, -0.15) is 0 Å². The zero-order chi connectivity index (χ0) is 25.2. The van der Waals surface area contributed by atoms with Crippen LogP contribution in [-0.4, -0.2) is 45.6 Å². The predicted molar refractivity (Wildman–Crippen MR) is 141 cm³/mol. The third-order valence-electron chi connectivity index (χ3n) is 5.84. The van der Waals surface area contributed by atoms with Gasteiger partial charge in [0.2, 0.25) is 0 Å². The van der Waals surface area contributed by atoms with Gasteiger partial charge in [0.05, 0.1) is 10.9 Å². The van der Waals surface area contributed by atoms with Crippen LogP contribution in [0, 0.1) is 0 Å². The van der Waals surface area contributed by atoms with E-state index in [0.717, 1.165) is 16.7 Å². The minimum absolute atomic E-state index is 0.0955. The second kappa shape index (κ2) is 10.5. The van der Waals surface area contributed by atoms with E-state index in [2.05, 4.69) is 15.8 Å². The number of sulfone groups is 1. The van der Waals surface area contributed by atoms with Crippen molar-refractivity contribution in [2.45, 2.75) is 6.04 Å². The number of halogens is 2. The van der Waals surface area contributed by atoms with Crippen molar-refractivity contribution >= 4 is 43.9 Å². The Labute approximate surface area is 215 Å². The lowest BCUT2D eigenvalue weighted by Gasteiger charge is -2.42. The van der Waals surface area contributed by atoms with Gasteiger partial charge in [-0.1, -0.05) is 59.6 Å². The summed E-state index contributed by atoms with van der Waals surface area (Å²) in [5.74, 6) is -0.340. The van der Waals surface area contributed by atoms with E-state index in [1.165, 1.54) is 6.26 Å². The molecule has 182 valence electrons. The van der Waals surface area contributed by atoms with Crippen molar-refractivity contribution in [3.05, 3.63) is 111 Å². The Morgan fingerprint density at radius 1 is 0.886 bits per heavy atom. The average Bonchev–Trinajstić information content (AvgIpc) is 2.79. The van der Waals surface area contributed by atoms with Crippen LogP contribution < -0.4 is 10.9 Å². The summed E-state index contributed by atoms with van der Waals surface area (Å²) in [6.07, 6.45) is 1.20. The SMILES string of the molecule is CNNC(=O)c1cccc(C(=C2CN(C(c3ccc(Cl)cc3)c3ccc(Cl)cc3)C2)S(C)(=O)=O)c1. The normalized spacial score (nSPS) is 14.0. The van der Waals surface area contributed by atoms with Crippen molar-refractivity contribution in [3.8, 4) is 0 Å². The molecular formula is C26H25Cl2N3O3S. The van der Waals surface area contributed by atoms with Gasteiger partial charge in [0.15, 0.2) is 9.84 Å². The summed E-state index contributed by atoms with van der Waals surface area (Å²) in [7, 11) is -1.96. The number of rotatable bonds is 7. The van der Waals surface area contributed by atoms with Gasteiger partial charge < -0.3 is 0 Å². The van der Waals surface area contributed by atoms with Gasteiger partial charge in [0, 0.05) is 42.0 Å². The lowest BCUT2D eigenvalue weighted by Crippen LogP contribution is -2.44. The topological polar surface area (TPSA) is 78.5 Å². The number of benzene rings is 3. The number of nitrogens with one attached hydrogen (secondary N) is 2. The molecule has 3 aromatic rings. The van der Waals surface area contributed by atoms with Gasteiger partial charge in [0.25, 0.3) is 5.91 Å². The molecule has 2 N–H and O–H groups in total. The lowest BCUT2D eigenvalue weighted by atomic mass is 9.92. The quantitative estimate of drug-likeness (QED) is 0.433. The minimum atomic E-state index is -3.55. The number of hydrazine groups is 1. The van der Waals surface area contributed by atoms with Crippen LogP contribution in [-0.2, 0) is 9.84 Å². The standard InChI is InChI=1S/C26H25Cl2N3O3S/c1-29-30-26(32)20-5-3-4-19(14-20)25(35(2,33)34)21-15-31(16-21)24(17-6-10-22(27)11-7-17)18-8-12-23(28)13-9-18/h3-14,24,29H,15-16H2,1-2H3,(H,30,32). The molecule has 0 radical (unpaired) electrons. The molecule has 3 aromatic carbocycles. The smallest absolute Gasteiger partial charge is 0.265 e. The zero-order valence-electron chi connectivity index (χ0n) is 19.3. The van der Waals surface area contributed by atoms with Crippen LogP contribution in [0.25, 0.3) is 4.91 Å². The molecule has 35 heavy (non-hydrogen) atoms. The fourth-order valence-corrected chi connectivity index (χ4v) is 5.80. The Balaban J connectivity index is 1.70. The first-order valence-corrected chi connectivity index (χ1v) is 13.6. The molecule has 0 aromatic heterocycles. The number of amides is 1. The number of hydrogen-bond acceptors (Lipinski definition) is 5. The molecule has 0 aliphatic carbocycles. The van der Waals surface area contributed by atoms with E-state index in [0.29, 0.717) is 34.3 Å². The van der Waals surface area contributed by atoms with E-state index in [9.17, 15) is 13.2 Å². The lowest BCUT2D eigenvalue weighted by molar-refractivity contribution is 0.0938. The van der Waals surface area contributed by atoms with Gasteiger partial charge in [0.1, 0.15) is 0 Å². The molecular weight excluding hydrogens is 505 g/mol.